The van der Waals surface area contributed by atoms with Crippen LogP contribution >= 0.6 is 11.8 Å². The van der Waals surface area contributed by atoms with E-state index >= 15 is 0 Å². The minimum Gasteiger partial charge on any atom is -0.315 e. The van der Waals surface area contributed by atoms with Gasteiger partial charge in [-0.2, -0.15) is 0 Å². The molecule has 16 heavy (non-hydrogen) atoms. The number of carbonyl (C=O) groups is 1. The molecule has 0 aromatic heterocycles. The monoisotopic (exact) mass is 239 g/mol. The van der Waals surface area contributed by atoms with Crippen LogP contribution in [-0.4, -0.2) is 45.5 Å². The van der Waals surface area contributed by atoms with Crippen LogP contribution in [0.1, 0.15) is 32.6 Å². The summed E-state index contributed by atoms with van der Waals surface area (Å²) in [5, 5.41) is 0.978. The van der Waals surface area contributed by atoms with Crippen LogP contribution in [0.25, 0.3) is 0 Å². The highest BCUT2D eigenvalue weighted by Gasteiger charge is 2.44. The van der Waals surface area contributed by atoms with Crippen molar-refractivity contribution in [1.29, 1.82) is 0 Å². The zero-order valence-corrected chi connectivity index (χ0v) is 10.4. The summed E-state index contributed by atoms with van der Waals surface area (Å²) < 4.78 is 0. The molecule has 4 nitrogen and oxygen atoms in total. The van der Waals surface area contributed by atoms with E-state index in [0.717, 1.165) is 30.4 Å². The number of thioether (sulfide) groups is 1. The van der Waals surface area contributed by atoms with Crippen LogP contribution in [0.2, 0.25) is 0 Å². The van der Waals surface area contributed by atoms with Gasteiger partial charge >= 0.3 is 6.03 Å². The first kappa shape index (κ1) is 10.4. The van der Waals surface area contributed by atoms with E-state index in [1.165, 1.54) is 12.8 Å². The Bertz CT molecular complexity index is 344. The van der Waals surface area contributed by atoms with Crippen molar-refractivity contribution in [3.63, 3.8) is 0 Å². The zero-order valence-electron chi connectivity index (χ0n) is 9.56. The molecule has 0 aromatic rings. The second-order valence-corrected chi connectivity index (χ2v) is 5.52. The second-order valence-electron chi connectivity index (χ2n) is 4.61. The van der Waals surface area contributed by atoms with Crippen LogP contribution < -0.4 is 0 Å². The van der Waals surface area contributed by atoms with Gasteiger partial charge in [0.2, 0.25) is 0 Å². The Kier molecular flexibility index (Phi) is 2.58. The SMILES string of the molecule is CCN1CSC2=N[C@H]3CCCC[C@H]3N2C1=O. The lowest BCUT2D eigenvalue weighted by molar-refractivity contribution is 0.164. The Morgan fingerprint density at radius 1 is 1.44 bits per heavy atom. The minimum atomic E-state index is 0.175. The number of rotatable bonds is 1. The summed E-state index contributed by atoms with van der Waals surface area (Å²) >= 11 is 1.72. The predicted molar refractivity (Wildman–Crippen MR) is 65.6 cm³/mol. The Balaban J connectivity index is 1.86. The number of amidine groups is 1. The van der Waals surface area contributed by atoms with E-state index in [4.69, 9.17) is 4.99 Å². The maximum Gasteiger partial charge on any atom is 0.327 e. The number of urea groups is 1. The standard InChI is InChI=1S/C11H17N3OS/c1-2-13-7-16-10-12-8-5-3-4-6-9(8)14(10)11(13)15/h8-9H,2-7H2,1H3/t8-,9+/m0/s1. The molecule has 5 heteroatoms. The van der Waals surface area contributed by atoms with E-state index in [9.17, 15) is 4.79 Å². The van der Waals surface area contributed by atoms with Crippen LogP contribution in [0.15, 0.2) is 4.99 Å². The van der Waals surface area contributed by atoms with E-state index < -0.39 is 0 Å². The molecule has 1 aliphatic carbocycles. The Labute approximate surface area is 100 Å². The molecule has 1 saturated carbocycles. The highest BCUT2D eigenvalue weighted by Crippen LogP contribution is 2.36. The number of fused-ring (bicyclic) bond motifs is 3. The van der Waals surface area contributed by atoms with Crippen LogP contribution in [0.4, 0.5) is 4.79 Å². The minimum absolute atomic E-state index is 0.175. The third-order valence-corrected chi connectivity index (χ3v) is 4.72. The first-order chi connectivity index (χ1) is 7.81. The third kappa shape index (κ3) is 1.44. The van der Waals surface area contributed by atoms with E-state index in [1.807, 2.05) is 16.7 Å². The number of hydrogen-bond acceptors (Lipinski definition) is 3. The lowest BCUT2D eigenvalue weighted by Crippen LogP contribution is -2.53. The molecule has 3 aliphatic rings. The fourth-order valence-electron chi connectivity index (χ4n) is 2.79. The molecule has 0 spiro atoms. The number of amides is 2. The molecule has 2 aliphatic heterocycles. The fraction of sp³-hybridized carbons (Fsp3) is 0.818. The maximum atomic E-state index is 12.3. The fourth-order valence-corrected chi connectivity index (χ4v) is 3.92. The molecule has 0 N–H and O–H groups in total. The summed E-state index contributed by atoms with van der Waals surface area (Å²) in [7, 11) is 0. The average Bonchev–Trinajstić information content (AvgIpc) is 2.68. The van der Waals surface area contributed by atoms with Crippen LogP contribution in [0, 0.1) is 0 Å². The predicted octanol–water partition coefficient (Wildman–Crippen LogP) is 2.12. The highest BCUT2D eigenvalue weighted by molar-refractivity contribution is 8.13. The van der Waals surface area contributed by atoms with Gasteiger partial charge in [-0.1, -0.05) is 24.6 Å². The molecule has 2 fully saturated rings. The Hall–Kier alpha value is -0.710. The first-order valence-corrected chi connectivity index (χ1v) is 7.08. The van der Waals surface area contributed by atoms with Gasteiger partial charge in [0, 0.05) is 6.54 Å². The number of carbonyl (C=O) groups excluding carboxylic acids is 1. The topological polar surface area (TPSA) is 35.9 Å². The van der Waals surface area contributed by atoms with Crippen LogP contribution in [-0.2, 0) is 0 Å². The van der Waals surface area contributed by atoms with Crippen molar-refractivity contribution in [1.82, 2.24) is 9.80 Å². The van der Waals surface area contributed by atoms with Gasteiger partial charge in [-0.3, -0.25) is 9.89 Å². The number of nitrogens with zero attached hydrogens (tertiary/aromatic N) is 3. The lowest BCUT2D eigenvalue weighted by Gasteiger charge is -2.37. The van der Waals surface area contributed by atoms with Crippen molar-refractivity contribution in [3.05, 3.63) is 0 Å². The third-order valence-electron chi connectivity index (χ3n) is 3.72. The van der Waals surface area contributed by atoms with E-state index in [1.54, 1.807) is 11.8 Å². The summed E-state index contributed by atoms with van der Waals surface area (Å²) in [6, 6.07) is 0.921. The largest absolute Gasteiger partial charge is 0.327 e. The van der Waals surface area contributed by atoms with Gasteiger partial charge in [-0.25, -0.2) is 4.79 Å². The van der Waals surface area contributed by atoms with Crippen molar-refractivity contribution >= 4 is 23.0 Å². The molecule has 2 heterocycles. The number of aliphatic imine (C=N–C) groups is 1. The summed E-state index contributed by atoms with van der Waals surface area (Å²) in [4.78, 5) is 20.8. The van der Waals surface area contributed by atoms with Gasteiger partial charge in [0.05, 0.1) is 18.0 Å². The molecule has 0 aromatic carbocycles. The van der Waals surface area contributed by atoms with Crippen molar-refractivity contribution in [3.8, 4) is 0 Å². The molecular weight excluding hydrogens is 222 g/mol. The summed E-state index contributed by atoms with van der Waals surface area (Å²) in [6.45, 7) is 2.84. The Morgan fingerprint density at radius 3 is 3.06 bits per heavy atom. The summed E-state index contributed by atoms with van der Waals surface area (Å²) in [6.07, 6.45) is 4.79. The van der Waals surface area contributed by atoms with Gasteiger partial charge in [-0.15, -0.1) is 0 Å². The van der Waals surface area contributed by atoms with Crippen molar-refractivity contribution in [2.75, 3.05) is 12.4 Å². The van der Waals surface area contributed by atoms with E-state index in [2.05, 4.69) is 0 Å². The van der Waals surface area contributed by atoms with Crippen molar-refractivity contribution in [2.24, 2.45) is 4.99 Å². The van der Waals surface area contributed by atoms with Gasteiger partial charge in [0.1, 0.15) is 0 Å². The van der Waals surface area contributed by atoms with Gasteiger partial charge in [0.25, 0.3) is 0 Å². The normalized spacial score (nSPS) is 33.6. The molecule has 0 radical (unpaired) electrons. The second kappa shape index (κ2) is 3.95. The molecule has 2 atom stereocenters. The van der Waals surface area contributed by atoms with Crippen molar-refractivity contribution < 1.29 is 4.79 Å². The molecule has 88 valence electrons. The average molecular weight is 239 g/mol. The molecule has 0 unspecified atom stereocenters. The van der Waals surface area contributed by atoms with E-state index in [0.29, 0.717) is 12.1 Å². The summed E-state index contributed by atoms with van der Waals surface area (Å²) in [5.41, 5.74) is 0. The Morgan fingerprint density at radius 2 is 2.25 bits per heavy atom. The first-order valence-electron chi connectivity index (χ1n) is 6.10. The molecule has 0 bridgehead atoms. The number of hydrogen-bond donors (Lipinski definition) is 0. The van der Waals surface area contributed by atoms with Gasteiger partial charge in [0.15, 0.2) is 5.17 Å². The molecular formula is C11H17N3OS. The van der Waals surface area contributed by atoms with Crippen LogP contribution in [0.3, 0.4) is 0 Å². The molecule has 2 amide bonds. The highest BCUT2D eigenvalue weighted by atomic mass is 32.2. The maximum absolute atomic E-state index is 12.3. The molecule has 1 saturated heterocycles. The molecule has 3 rings (SSSR count). The zero-order chi connectivity index (χ0) is 11.1. The van der Waals surface area contributed by atoms with E-state index in [-0.39, 0.29) is 6.03 Å². The smallest absolute Gasteiger partial charge is 0.315 e. The lowest BCUT2D eigenvalue weighted by atomic mass is 9.91. The van der Waals surface area contributed by atoms with Gasteiger partial charge < -0.3 is 4.90 Å². The van der Waals surface area contributed by atoms with Crippen molar-refractivity contribution in [2.45, 2.75) is 44.7 Å². The quantitative estimate of drug-likeness (QED) is 0.702. The van der Waals surface area contributed by atoms with Gasteiger partial charge in [-0.05, 0) is 19.8 Å². The van der Waals surface area contributed by atoms with Crippen LogP contribution in [0.5, 0.6) is 0 Å². The summed E-state index contributed by atoms with van der Waals surface area (Å²) in [5.74, 6) is 0.768.